The normalized spacial score (nSPS) is 21.6. The summed E-state index contributed by atoms with van der Waals surface area (Å²) in [5.41, 5.74) is 0.625. The zero-order chi connectivity index (χ0) is 16.0. The van der Waals surface area contributed by atoms with Crippen LogP contribution in [0.15, 0.2) is 30.3 Å². The zero-order valence-electron chi connectivity index (χ0n) is 13.5. The van der Waals surface area contributed by atoms with E-state index in [1.807, 2.05) is 51.1 Å². The molecule has 1 N–H and O–H groups in total. The topological polar surface area (TPSA) is 56.8 Å². The first-order chi connectivity index (χ1) is 10.4. The molecule has 1 aromatic carbocycles. The van der Waals surface area contributed by atoms with Crippen molar-refractivity contribution in [1.82, 2.24) is 5.32 Å². The summed E-state index contributed by atoms with van der Waals surface area (Å²) < 4.78 is 16.6. The van der Waals surface area contributed by atoms with E-state index in [0.29, 0.717) is 19.8 Å². The first-order valence-electron chi connectivity index (χ1n) is 7.67. The van der Waals surface area contributed by atoms with Crippen LogP contribution in [-0.4, -0.2) is 37.1 Å². The van der Waals surface area contributed by atoms with Crippen molar-refractivity contribution in [2.24, 2.45) is 0 Å². The highest BCUT2D eigenvalue weighted by molar-refractivity contribution is 5.68. The van der Waals surface area contributed by atoms with Gasteiger partial charge >= 0.3 is 6.09 Å². The third-order valence-electron chi connectivity index (χ3n) is 3.31. The maximum Gasteiger partial charge on any atom is 0.407 e. The summed E-state index contributed by atoms with van der Waals surface area (Å²) in [6.45, 7) is 7.16. The molecule has 0 aliphatic carbocycles. The van der Waals surface area contributed by atoms with Gasteiger partial charge in [-0.05, 0) is 32.8 Å². The number of hydrogen-bond acceptors (Lipinski definition) is 4. The molecule has 1 saturated heterocycles. The Morgan fingerprint density at radius 3 is 2.73 bits per heavy atom. The SMILES string of the molecule is CC(C)(C)OC(=O)N[C@@H]1CCO[C@H]1COCc1ccccc1. The van der Waals surface area contributed by atoms with E-state index in [9.17, 15) is 4.79 Å². The number of amides is 1. The number of rotatable bonds is 5. The minimum Gasteiger partial charge on any atom is -0.444 e. The summed E-state index contributed by atoms with van der Waals surface area (Å²) in [6, 6.07) is 9.92. The number of nitrogens with one attached hydrogen (secondary N) is 1. The fourth-order valence-electron chi connectivity index (χ4n) is 2.30. The van der Waals surface area contributed by atoms with Crippen LogP contribution in [0.25, 0.3) is 0 Å². The highest BCUT2D eigenvalue weighted by Crippen LogP contribution is 2.16. The first-order valence-corrected chi connectivity index (χ1v) is 7.67. The molecule has 0 spiro atoms. The van der Waals surface area contributed by atoms with Gasteiger partial charge in [-0.3, -0.25) is 0 Å². The zero-order valence-corrected chi connectivity index (χ0v) is 13.5. The van der Waals surface area contributed by atoms with Crippen molar-refractivity contribution < 1.29 is 19.0 Å². The average Bonchev–Trinajstić information content (AvgIpc) is 2.85. The molecule has 0 aromatic heterocycles. The van der Waals surface area contributed by atoms with Gasteiger partial charge in [-0.2, -0.15) is 0 Å². The Morgan fingerprint density at radius 1 is 1.32 bits per heavy atom. The number of alkyl carbamates (subject to hydrolysis) is 1. The van der Waals surface area contributed by atoms with E-state index in [-0.39, 0.29) is 12.1 Å². The van der Waals surface area contributed by atoms with Crippen LogP contribution in [0.2, 0.25) is 0 Å². The molecule has 0 unspecified atom stereocenters. The Labute approximate surface area is 131 Å². The summed E-state index contributed by atoms with van der Waals surface area (Å²) >= 11 is 0. The van der Waals surface area contributed by atoms with Gasteiger partial charge in [0, 0.05) is 6.61 Å². The van der Waals surface area contributed by atoms with Crippen LogP contribution in [0.5, 0.6) is 0 Å². The van der Waals surface area contributed by atoms with E-state index < -0.39 is 11.7 Å². The predicted octanol–water partition coefficient (Wildman–Crippen LogP) is 2.89. The molecular formula is C17H25NO4. The third kappa shape index (κ3) is 5.66. The maximum absolute atomic E-state index is 11.8. The van der Waals surface area contributed by atoms with Gasteiger partial charge in [-0.15, -0.1) is 0 Å². The number of carbonyl (C=O) groups excluding carboxylic acids is 1. The van der Waals surface area contributed by atoms with E-state index in [1.54, 1.807) is 0 Å². The van der Waals surface area contributed by atoms with Gasteiger partial charge in [0.1, 0.15) is 11.7 Å². The summed E-state index contributed by atoms with van der Waals surface area (Å²) in [5, 5.41) is 2.87. The lowest BCUT2D eigenvalue weighted by Crippen LogP contribution is -2.44. The van der Waals surface area contributed by atoms with Crippen molar-refractivity contribution in [3.63, 3.8) is 0 Å². The Kier molecular flexibility index (Phi) is 5.80. The van der Waals surface area contributed by atoms with Gasteiger partial charge in [0.05, 0.1) is 19.3 Å². The Bertz CT molecular complexity index is 469. The second-order valence-electron chi connectivity index (χ2n) is 6.45. The van der Waals surface area contributed by atoms with Crippen LogP contribution in [0.3, 0.4) is 0 Å². The Morgan fingerprint density at radius 2 is 2.05 bits per heavy atom. The van der Waals surface area contributed by atoms with Crippen molar-refractivity contribution in [1.29, 1.82) is 0 Å². The molecule has 2 rings (SSSR count). The Balaban J connectivity index is 1.75. The number of carbonyl (C=O) groups is 1. The smallest absolute Gasteiger partial charge is 0.407 e. The molecule has 1 heterocycles. The summed E-state index contributed by atoms with van der Waals surface area (Å²) in [5.74, 6) is 0. The van der Waals surface area contributed by atoms with E-state index in [1.165, 1.54) is 0 Å². The van der Waals surface area contributed by atoms with Crippen molar-refractivity contribution in [2.45, 2.75) is 51.5 Å². The summed E-state index contributed by atoms with van der Waals surface area (Å²) in [6.07, 6.45) is 0.241. The van der Waals surface area contributed by atoms with Gasteiger partial charge < -0.3 is 19.5 Å². The van der Waals surface area contributed by atoms with Crippen LogP contribution in [-0.2, 0) is 20.8 Å². The van der Waals surface area contributed by atoms with Crippen molar-refractivity contribution in [3.05, 3.63) is 35.9 Å². The van der Waals surface area contributed by atoms with Gasteiger partial charge in [0.15, 0.2) is 0 Å². The third-order valence-corrected chi connectivity index (χ3v) is 3.31. The number of benzene rings is 1. The second-order valence-corrected chi connectivity index (χ2v) is 6.45. The van der Waals surface area contributed by atoms with Gasteiger partial charge in [-0.25, -0.2) is 4.79 Å². The molecule has 1 fully saturated rings. The molecule has 5 heteroatoms. The van der Waals surface area contributed by atoms with Crippen LogP contribution in [0.1, 0.15) is 32.8 Å². The molecule has 2 atom stereocenters. The lowest BCUT2D eigenvalue weighted by atomic mass is 10.1. The fourth-order valence-corrected chi connectivity index (χ4v) is 2.30. The molecule has 0 radical (unpaired) electrons. The molecule has 5 nitrogen and oxygen atoms in total. The monoisotopic (exact) mass is 307 g/mol. The second kappa shape index (κ2) is 7.61. The minimum atomic E-state index is -0.497. The number of hydrogen-bond donors (Lipinski definition) is 1. The summed E-state index contributed by atoms with van der Waals surface area (Å²) in [4.78, 5) is 11.8. The molecule has 22 heavy (non-hydrogen) atoms. The van der Waals surface area contributed by atoms with Crippen molar-refractivity contribution in [2.75, 3.05) is 13.2 Å². The van der Waals surface area contributed by atoms with Crippen LogP contribution < -0.4 is 5.32 Å². The summed E-state index contributed by atoms with van der Waals surface area (Å²) in [7, 11) is 0. The highest BCUT2D eigenvalue weighted by atomic mass is 16.6. The van der Waals surface area contributed by atoms with Crippen LogP contribution >= 0.6 is 0 Å². The molecule has 0 bridgehead atoms. The van der Waals surface area contributed by atoms with Crippen LogP contribution in [0, 0.1) is 0 Å². The van der Waals surface area contributed by atoms with Gasteiger partial charge in [0.25, 0.3) is 0 Å². The molecule has 122 valence electrons. The Hall–Kier alpha value is -1.59. The highest BCUT2D eigenvalue weighted by Gasteiger charge is 2.31. The molecule has 1 aliphatic heterocycles. The average molecular weight is 307 g/mol. The maximum atomic E-state index is 11.8. The van der Waals surface area contributed by atoms with Crippen LogP contribution in [0.4, 0.5) is 4.79 Å². The fraction of sp³-hybridized carbons (Fsp3) is 0.588. The van der Waals surface area contributed by atoms with Crippen molar-refractivity contribution >= 4 is 6.09 Å². The standard InChI is InChI=1S/C17H25NO4/c1-17(2,3)22-16(19)18-14-9-10-21-15(14)12-20-11-13-7-5-4-6-8-13/h4-8,14-15H,9-12H2,1-3H3,(H,18,19)/t14-,15+/m1/s1. The largest absolute Gasteiger partial charge is 0.444 e. The quantitative estimate of drug-likeness (QED) is 0.909. The number of ether oxygens (including phenoxy) is 3. The van der Waals surface area contributed by atoms with E-state index >= 15 is 0 Å². The lowest BCUT2D eigenvalue weighted by Gasteiger charge is -2.24. The van der Waals surface area contributed by atoms with E-state index in [2.05, 4.69) is 5.32 Å². The minimum absolute atomic E-state index is 0.0642. The molecule has 1 aliphatic rings. The molecule has 1 amide bonds. The van der Waals surface area contributed by atoms with Crippen molar-refractivity contribution in [3.8, 4) is 0 Å². The molecular weight excluding hydrogens is 282 g/mol. The van der Waals surface area contributed by atoms with E-state index in [4.69, 9.17) is 14.2 Å². The van der Waals surface area contributed by atoms with Gasteiger partial charge in [0.2, 0.25) is 0 Å². The first kappa shape index (κ1) is 16.8. The lowest BCUT2D eigenvalue weighted by molar-refractivity contribution is -0.00115. The molecule has 1 aromatic rings. The van der Waals surface area contributed by atoms with E-state index in [0.717, 1.165) is 12.0 Å². The molecule has 0 saturated carbocycles. The predicted molar refractivity (Wildman–Crippen MR) is 83.6 cm³/mol. The van der Waals surface area contributed by atoms with Gasteiger partial charge in [-0.1, -0.05) is 30.3 Å².